The standard InChI is InChI=1S/C9H15NO2S/c11-13(12,8-1-2-8)10-6-9-3-7(4-9)5-9/h7-8,10H,1-6H2. The summed E-state index contributed by atoms with van der Waals surface area (Å²) in [7, 11) is -2.92. The zero-order chi connectivity index (χ0) is 9.10. The molecule has 0 atom stereocenters. The molecular weight excluding hydrogens is 186 g/mol. The van der Waals surface area contributed by atoms with E-state index in [-0.39, 0.29) is 5.25 Å². The Hall–Kier alpha value is -0.0900. The highest BCUT2D eigenvalue weighted by molar-refractivity contribution is 7.90. The van der Waals surface area contributed by atoms with Gasteiger partial charge in [0.1, 0.15) is 0 Å². The van der Waals surface area contributed by atoms with E-state index < -0.39 is 10.0 Å². The average Bonchev–Trinajstić information content (AvgIpc) is 2.58. The Morgan fingerprint density at radius 2 is 1.85 bits per heavy atom. The van der Waals surface area contributed by atoms with Crippen molar-refractivity contribution in [3.05, 3.63) is 0 Å². The van der Waals surface area contributed by atoms with Crippen LogP contribution in [0.2, 0.25) is 0 Å². The molecular formula is C9H15NO2S. The molecule has 0 saturated heterocycles. The highest BCUT2D eigenvalue weighted by atomic mass is 32.2. The second-order valence-corrected chi connectivity index (χ2v) is 7.09. The van der Waals surface area contributed by atoms with Gasteiger partial charge in [-0.05, 0) is 43.4 Å². The van der Waals surface area contributed by atoms with Crippen molar-refractivity contribution in [1.29, 1.82) is 0 Å². The van der Waals surface area contributed by atoms with Gasteiger partial charge in [0.25, 0.3) is 0 Å². The molecule has 0 aromatic rings. The lowest BCUT2D eigenvalue weighted by atomic mass is 9.44. The highest BCUT2D eigenvalue weighted by Gasteiger charge is 2.56. The average molecular weight is 201 g/mol. The van der Waals surface area contributed by atoms with Crippen molar-refractivity contribution < 1.29 is 8.42 Å². The monoisotopic (exact) mass is 201 g/mol. The van der Waals surface area contributed by atoms with Crippen LogP contribution >= 0.6 is 0 Å². The molecule has 0 spiro atoms. The van der Waals surface area contributed by atoms with Gasteiger partial charge in [-0.25, -0.2) is 13.1 Å². The summed E-state index contributed by atoms with van der Waals surface area (Å²) in [5, 5.41) is -0.0557. The van der Waals surface area contributed by atoms with Crippen molar-refractivity contribution >= 4 is 10.0 Å². The summed E-state index contributed by atoms with van der Waals surface area (Å²) in [6.45, 7) is 0.711. The van der Waals surface area contributed by atoms with E-state index in [0.29, 0.717) is 12.0 Å². The Labute approximate surface area is 79.0 Å². The second-order valence-electron chi connectivity index (χ2n) is 5.04. The van der Waals surface area contributed by atoms with Gasteiger partial charge in [-0.3, -0.25) is 0 Å². The minimum atomic E-state index is -2.92. The first-order valence-corrected chi connectivity index (χ1v) is 6.63. The zero-order valence-electron chi connectivity index (χ0n) is 7.62. The van der Waals surface area contributed by atoms with Gasteiger partial charge in [-0.1, -0.05) is 0 Å². The van der Waals surface area contributed by atoms with Crippen LogP contribution in [0.15, 0.2) is 0 Å². The van der Waals surface area contributed by atoms with Crippen molar-refractivity contribution in [2.75, 3.05) is 6.54 Å². The summed E-state index contributed by atoms with van der Waals surface area (Å²) in [6.07, 6.45) is 5.52. The summed E-state index contributed by atoms with van der Waals surface area (Å²) < 4.78 is 25.7. The van der Waals surface area contributed by atoms with E-state index >= 15 is 0 Å². The minimum Gasteiger partial charge on any atom is -0.214 e. The molecule has 4 aliphatic carbocycles. The smallest absolute Gasteiger partial charge is 0.214 e. The van der Waals surface area contributed by atoms with E-state index in [2.05, 4.69) is 4.72 Å². The molecule has 4 fully saturated rings. The molecule has 4 rings (SSSR count). The Balaban J connectivity index is 1.57. The number of hydrogen-bond donors (Lipinski definition) is 1. The van der Waals surface area contributed by atoms with Crippen LogP contribution in [-0.2, 0) is 10.0 Å². The van der Waals surface area contributed by atoms with E-state index in [1.54, 1.807) is 0 Å². The van der Waals surface area contributed by atoms with Crippen molar-refractivity contribution in [3.63, 3.8) is 0 Å². The summed E-state index contributed by atoms with van der Waals surface area (Å²) >= 11 is 0. The topological polar surface area (TPSA) is 46.2 Å². The third-order valence-corrected chi connectivity index (χ3v) is 5.67. The lowest BCUT2D eigenvalue weighted by Gasteiger charge is -2.62. The lowest BCUT2D eigenvalue weighted by molar-refractivity contribution is -0.0990. The first kappa shape index (κ1) is 8.24. The highest BCUT2D eigenvalue weighted by Crippen LogP contribution is 2.63. The Morgan fingerprint density at radius 1 is 1.23 bits per heavy atom. The minimum absolute atomic E-state index is 0.0557. The van der Waals surface area contributed by atoms with E-state index in [1.807, 2.05) is 0 Å². The normalized spacial score (nSPS) is 42.3. The first-order chi connectivity index (χ1) is 6.10. The predicted molar refractivity (Wildman–Crippen MR) is 49.7 cm³/mol. The van der Waals surface area contributed by atoms with Crippen molar-refractivity contribution in [2.24, 2.45) is 11.3 Å². The van der Waals surface area contributed by atoms with Crippen LogP contribution in [0, 0.1) is 11.3 Å². The third kappa shape index (κ3) is 1.22. The summed E-state index contributed by atoms with van der Waals surface area (Å²) in [6, 6.07) is 0. The van der Waals surface area contributed by atoms with Crippen molar-refractivity contribution in [2.45, 2.75) is 37.4 Å². The molecule has 1 N–H and O–H groups in total. The van der Waals surface area contributed by atoms with Crippen LogP contribution in [0.4, 0.5) is 0 Å². The fourth-order valence-corrected chi connectivity index (χ4v) is 4.12. The molecule has 2 bridgehead atoms. The van der Waals surface area contributed by atoms with Gasteiger partial charge in [0.05, 0.1) is 5.25 Å². The van der Waals surface area contributed by atoms with Gasteiger partial charge >= 0.3 is 0 Å². The molecule has 0 aromatic carbocycles. The molecule has 0 amide bonds. The van der Waals surface area contributed by atoms with Crippen LogP contribution < -0.4 is 4.72 Å². The molecule has 74 valence electrons. The maximum atomic E-state index is 11.5. The number of nitrogens with one attached hydrogen (secondary N) is 1. The van der Waals surface area contributed by atoms with E-state index in [4.69, 9.17) is 0 Å². The molecule has 4 aliphatic rings. The summed E-state index contributed by atoms with van der Waals surface area (Å²) in [4.78, 5) is 0. The number of rotatable bonds is 4. The maximum absolute atomic E-state index is 11.5. The molecule has 4 heteroatoms. The van der Waals surface area contributed by atoms with Gasteiger partial charge in [0.15, 0.2) is 0 Å². The summed E-state index contributed by atoms with van der Waals surface area (Å²) in [5.41, 5.74) is 0.395. The Bertz CT molecular complexity index is 315. The van der Waals surface area contributed by atoms with Crippen molar-refractivity contribution in [1.82, 2.24) is 4.72 Å². The van der Waals surface area contributed by atoms with Gasteiger partial charge in [-0.15, -0.1) is 0 Å². The Kier molecular flexibility index (Phi) is 1.45. The van der Waals surface area contributed by atoms with Crippen molar-refractivity contribution in [3.8, 4) is 0 Å². The van der Waals surface area contributed by atoms with Gasteiger partial charge < -0.3 is 0 Å². The zero-order valence-corrected chi connectivity index (χ0v) is 8.44. The third-order valence-electron chi connectivity index (χ3n) is 3.78. The molecule has 0 heterocycles. The van der Waals surface area contributed by atoms with E-state index in [1.165, 1.54) is 19.3 Å². The molecule has 4 saturated carbocycles. The lowest BCUT2D eigenvalue weighted by Crippen LogP contribution is -2.57. The molecule has 0 unspecified atom stereocenters. The maximum Gasteiger partial charge on any atom is 0.214 e. The Morgan fingerprint density at radius 3 is 2.23 bits per heavy atom. The van der Waals surface area contributed by atoms with Gasteiger partial charge in [0, 0.05) is 6.54 Å². The second kappa shape index (κ2) is 2.28. The van der Waals surface area contributed by atoms with Crippen LogP contribution in [0.1, 0.15) is 32.1 Å². The van der Waals surface area contributed by atoms with Crippen LogP contribution in [0.3, 0.4) is 0 Å². The molecule has 3 nitrogen and oxygen atoms in total. The molecule has 0 aromatic heterocycles. The molecule has 13 heavy (non-hydrogen) atoms. The first-order valence-electron chi connectivity index (χ1n) is 5.08. The van der Waals surface area contributed by atoms with E-state index in [0.717, 1.165) is 18.8 Å². The van der Waals surface area contributed by atoms with Crippen LogP contribution in [-0.4, -0.2) is 20.2 Å². The fourth-order valence-electron chi connectivity index (χ4n) is 2.62. The summed E-state index contributed by atoms with van der Waals surface area (Å²) in [5.74, 6) is 0.936. The number of hydrogen-bond acceptors (Lipinski definition) is 2. The fraction of sp³-hybridized carbons (Fsp3) is 1.00. The van der Waals surface area contributed by atoms with E-state index in [9.17, 15) is 8.42 Å². The predicted octanol–water partition coefficient (Wildman–Crippen LogP) is 0.868. The van der Waals surface area contributed by atoms with Gasteiger partial charge in [0.2, 0.25) is 10.0 Å². The molecule has 0 aliphatic heterocycles. The quantitative estimate of drug-likeness (QED) is 0.733. The largest absolute Gasteiger partial charge is 0.214 e. The SMILES string of the molecule is O=S(=O)(NCC12CC(C1)C2)C1CC1. The van der Waals surface area contributed by atoms with Crippen LogP contribution in [0.5, 0.6) is 0 Å². The van der Waals surface area contributed by atoms with Gasteiger partial charge in [-0.2, -0.15) is 0 Å². The number of sulfonamides is 1. The van der Waals surface area contributed by atoms with Crippen LogP contribution in [0.25, 0.3) is 0 Å². The molecule has 0 radical (unpaired) electrons.